The fourth-order valence-electron chi connectivity index (χ4n) is 2.88. The molecule has 0 unspecified atom stereocenters. The SMILES string of the molecule is CCn1cc([C@H]2OCC[C@@H]2CNCc2cnc(N(C)C)s2)cn1. The fourth-order valence-corrected chi connectivity index (χ4v) is 3.68. The molecule has 6 nitrogen and oxygen atoms in total. The second-order valence-electron chi connectivity index (χ2n) is 6.10. The molecule has 3 heterocycles. The number of nitrogens with zero attached hydrogens (tertiary/aromatic N) is 4. The van der Waals surface area contributed by atoms with Crippen molar-refractivity contribution in [3.05, 3.63) is 29.0 Å². The summed E-state index contributed by atoms with van der Waals surface area (Å²) in [6.07, 6.45) is 7.28. The zero-order valence-electron chi connectivity index (χ0n) is 14.0. The van der Waals surface area contributed by atoms with E-state index in [4.69, 9.17) is 4.74 Å². The summed E-state index contributed by atoms with van der Waals surface area (Å²) in [5, 5.41) is 8.98. The number of rotatable bonds is 7. The van der Waals surface area contributed by atoms with Crippen molar-refractivity contribution >= 4 is 16.5 Å². The van der Waals surface area contributed by atoms with Gasteiger partial charge in [-0.05, 0) is 13.3 Å². The number of aromatic nitrogens is 3. The predicted molar refractivity (Wildman–Crippen MR) is 92.8 cm³/mol. The van der Waals surface area contributed by atoms with Gasteiger partial charge in [0.15, 0.2) is 5.13 Å². The van der Waals surface area contributed by atoms with E-state index in [1.165, 1.54) is 10.4 Å². The lowest BCUT2D eigenvalue weighted by atomic mass is 9.97. The summed E-state index contributed by atoms with van der Waals surface area (Å²) in [6.45, 7) is 5.65. The standard InChI is InChI=1S/C16H25N5OS/c1-4-21-11-13(8-19-21)15-12(5-6-22-15)7-17-9-14-10-18-16(23-14)20(2)3/h8,10-12,15,17H,4-7,9H2,1-3H3/t12-,15+/m1/s1. The van der Waals surface area contributed by atoms with Gasteiger partial charge in [0.25, 0.3) is 0 Å². The predicted octanol–water partition coefficient (Wildman–Crippen LogP) is 2.29. The number of ether oxygens (including phenoxy) is 1. The van der Waals surface area contributed by atoms with E-state index < -0.39 is 0 Å². The van der Waals surface area contributed by atoms with E-state index >= 15 is 0 Å². The monoisotopic (exact) mass is 335 g/mol. The normalized spacial score (nSPS) is 21.0. The molecular formula is C16H25N5OS. The Morgan fingerprint density at radius 2 is 2.30 bits per heavy atom. The molecule has 126 valence electrons. The minimum Gasteiger partial charge on any atom is -0.373 e. The summed E-state index contributed by atoms with van der Waals surface area (Å²) in [7, 11) is 4.04. The van der Waals surface area contributed by atoms with Gasteiger partial charge in [-0.2, -0.15) is 5.10 Å². The highest BCUT2D eigenvalue weighted by atomic mass is 32.1. The summed E-state index contributed by atoms with van der Waals surface area (Å²) in [4.78, 5) is 7.72. The summed E-state index contributed by atoms with van der Waals surface area (Å²) in [5.41, 5.74) is 1.20. The third-order valence-electron chi connectivity index (χ3n) is 4.15. The number of nitrogens with one attached hydrogen (secondary N) is 1. The Labute approximate surface area is 141 Å². The highest BCUT2D eigenvalue weighted by Crippen LogP contribution is 2.34. The van der Waals surface area contributed by atoms with E-state index in [-0.39, 0.29) is 6.10 Å². The lowest BCUT2D eigenvalue weighted by Gasteiger charge is -2.17. The van der Waals surface area contributed by atoms with Crippen LogP contribution >= 0.6 is 11.3 Å². The van der Waals surface area contributed by atoms with Crippen LogP contribution in [-0.2, 0) is 17.8 Å². The lowest BCUT2D eigenvalue weighted by Crippen LogP contribution is -2.24. The van der Waals surface area contributed by atoms with Gasteiger partial charge in [0.2, 0.25) is 0 Å². The third kappa shape index (κ3) is 3.91. The van der Waals surface area contributed by atoms with Crippen molar-refractivity contribution in [2.24, 2.45) is 5.92 Å². The molecule has 0 aliphatic carbocycles. The maximum Gasteiger partial charge on any atom is 0.185 e. The number of hydrogen-bond acceptors (Lipinski definition) is 6. The van der Waals surface area contributed by atoms with Gasteiger partial charge < -0.3 is 15.0 Å². The molecule has 0 aromatic carbocycles. The van der Waals surface area contributed by atoms with Crippen LogP contribution in [0.1, 0.15) is 29.9 Å². The van der Waals surface area contributed by atoms with E-state index in [1.54, 1.807) is 11.3 Å². The van der Waals surface area contributed by atoms with Gasteiger partial charge in [-0.25, -0.2) is 4.98 Å². The Hall–Kier alpha value is -1.44. The van der Waals surface area contributed by atoms with E-state index in [0.29, 0.717) is 5.92 Å². The van der Waals surface area contributed by atoms with Crippen molar-refractivity contribution in [2.45, 2.75) is 32.5 Å². The maximum atomic E-state index is 5.94. The fraction of sp³-hybridized carbons (Fsp3) is 0.625. The minimum atomic E-state index is 0.168. The average Bonchev–Trinajstić information content (AvgIpc) is 3.27. The van der Waals surface area contributed by atoms with Crippen LogP contribution in [0.3, 0.4) is 0 Å². The van der Waals surface area contributed by atoms with Crippen molar-refractivity contribution < 1.29 is 4.74 Å². The lowest BCUT2D eigenvalue weighted by molar-refractivity contribution is 0.0904. The Morgan fingerprint density at radius 3 is 3.00 bits per heavy atom. The summed E-state index contributed by atoms with van der Waals surface area (Å²) < 4.78 is 7.90. The van der Waals surface area contributed by atoms with Crippen molar-refractivity contribution in [3.63, 3.8) is 0 Å². The van der Waals surface area contributed by atoms with Crippen molar-refractivity contribution in [1.82, 2.24) is 20.1 Å². The van der Waals surface area contributed by atoms with Gasteiger partial charge >= 0.3 is 0 Å². The molecule has 7 heteroatoms. The zero-order valence-corrected chi connectivity index (χ0v) is 14.8. The van der Waals surface area contributed by atoms with Crippen LogP contribution < -0.4 is 10.2 Å². The first-order valence-electron chi connectivity index (χ1n) is 8.14. The second kappa shape index (κ2) is 7.42. The summed E-state index contributed by atoms with van der Waals surface area (Å²) in [5.74, 6) is 0.505. The van der Waals surface area contributed by atoms with Crippen LogP contribution in [0.2, 0.25) is 0 Å². The highest BCUT2D eigenvalue weighted by Gasteiger charge is 2.30. The molecule has 1 saturated heterocycles. The first kappa shape index (κ1) is 16.4. The molecular weight excluding hydrogens is 310 g/mol. The molecule has 2 aromatic heterocycles. The van der Waals surface area contributed by atoms with E-state index in [2.05, 4.69) is 28.5 Å². The molecule has 0 amide bonds. The Morgan fingerprint density at radius 1 is 1.43 bits per heavy atom. The molecule has 0 spiro atoms. The topological polar surface area (TPSA) is 55.2 Å². The molecule has 3 rings (SSSR count). The van der Waals surface area contributed by atoms with Gasteiger partial charge in [0, 0.05) is 69.1 Å². The Kier molecular flexibility index (Phi) is 5.30. The van der Waals surface area contributed by atoms with Crippen LogP contribution in [0, 0.1) is 5.92 Å². The molecule has 23 heavy (non-hydrogen) atoms. The van der Waals surface area contributed by atoms with Gasteiger partial charge in [0.1, 0.15) is 0 Å². The molecule has 1 aliphatic rings. The molecule has 1 N–H and O–H groups in total. The molecule has 2 aromatic rings. The zero-order chi connectivity index (χ0) is 16.2. The van der Waals surface area contributed by atoms with E-state index in [0.717, 1.165) is 37.8 Å². The summed E-state index contributed by atoms with van der Waals surface area (Å²) in [6, 6.07) is 0. The quantitative estimate of drug-likeness (QED) is 0.841. The molecule has 0 radical (unpaired) electrons. The number of anilines is 1. The van der Waals surface area contributed by atoms with Gasteiger partial charge in [-0.15, -0.1) is 11.3 Å². The van der Waals surface area contributed by atoms with Crippen LogP contribution in [0.4, 0.5) is 5.13 Å². The van der Waals surface area contributed by atoms with Crippen LogP contribution in [0.15, 0.2) is 18.6 Å². The van der Waals surface area contributed by atoms with Crippen LogP contribution in [0.5, 0.6) is 0 Å². The van der Waals surface area contributed by atoms with Gasteiger partial charge in [-0.3, -0.25) is 4.68 Å². The smallest absolute Gasteiger partial charge is 0.185 e. The number of aryl methyl sites for hydroxylation is 1. The first-order valence-corrected chi connectivity index (χ1v) is 8.95. The summed E-state index contributed by atoms with van der Waals surface area (Å²) >= 11 is 1.73. The highest BCUT2D eigenvalue weighted by molar-refractivity contribution is 7.15. The Balaban J connectivity index is 1.52. The van der Waals surface area contributed by atoms with Crippen LogP contribution in [-0.4, -0.2) is 42.0 Å². The minimum absolute atomic E-state index is 0.168. The van der Waals surface area contributed by atoms with Crippen molar-refractivity contribution in [2.75, 3.05) is 32.1 Å². The largest absolute Gasteiger partial charge is 0.373 e. The number of hydrogen-bond donors (Lipinski definition) is 1. The second-order valence-corrected chi connectivity index (χ2v) is 7.20. The van der Waals surface area contributed by atoms with Crippen LogP contribution in [0.25, 0.3) is 0 Å². The molecule has 1 aliphatic heterocycles. The van der Waals surface area contributed by atoms with Crippen molar-refractivity contribution in [1.29, 1.82) is 0 Å². The molecule has 0 saturated carbocycles. The van der Waals surface area contributed by atoms with Gasteiger partial charge in [0.05, 0.1) is 12.3 Å². The van der Waals surface area contributed by atoms with E-state index in [9.17, 15) is 0 Å². The molecule has 2 atom stereocenters. The van der Waals surface area contributed by atoms with Gasteiger partial charge in [-0.1, -0.05) is 0 Å². The van der Waals surface area contributed by atoms with Crippen molar-refractivity contribution in [3.8, 4) is 0 Å². The maximum absolute atomic E-state index is 5.94. The van der Waals surface area contributed by atoms with E-state index in [1.807, 2.05) is 36.1 Å². The number of thiazole rings is 1. The first-order chi connectivity index (χ1) is 11.2. The average molecular weight is 335 g/mol. The third-order valence-corrected chi connectivity index (χ3v) is 5.31. The Bertz CT molecular complexity index is 624. The molecule has 0 bridgehead atoms. The molecule has 1 fully saturated rings.